The maximum Gasteiger partial charge on any atom is 0.413 e. The summed E-state index contributed by atoms with van der Waals surface area (Å²) in [7, 11) is 3.40. The highest BCUT2D eigenvalue weighted by Crippen LogP contribution is 2.08. The van der Waals surface area contributed by atoms with Crippen molar-refractivity contribution in [3.8, 4) is 0 Å². The fraction of sp³-hybridized carbons (Fsp3) is 0.300. The van der Waals surface area contributed by atoms with Crippen LogP contribution in [0.1, 0.15) is 16.1 Å². The Morgan fingerprint density at radius 1 is 1.31 bits per heavy atom. The second-order valence-electron chi connectivity index (χ2n) is 4.10. The maximum atomic E-state index is 11.1. The van der Waals surface area contributed by atoms with E-state index >= 15 is 0 Å². The van der Waals surface area contributed by atoms with Gasteiger partial charge in [0.05, 0.1) is 14.1 Å². The molecule has 6 nitrogen and oxygen atoms in total. The highest BCUT2D eigenvalue weighted by Gasteiger charge is 2.23. The monoisotopic (exact) mass is 223 g/mol. The molecule has 1 heterocycles. The van der Waals surface area contributed by atoms with Crippen LogP contribution in [0.2, 0.25) is 0 Å². The van der Waals surface area contributed by atoms with E-state index in [-0.39, 0.29) is 10.2 Å². The first kappa shape index (κ1) is 12.1. The number of aromatic nitrogens is 1. The molecule has 1 aromatic heterocycles. The highest BCUT2D eigenvalue weighted by molar-refractivity contribution is 5.90. The quantitative estimate of drug-likeness (QED) is 0.696. The average Bonchev–Trinajstić information content (AvgIpc) is 2.17. The number of carbonyl (C=O) groups is 2. The lowest BCUT2D eigenvalue weighted by Gasteiger charge is -2.23. The Hall–Kier alpha value is -1.95. The number of carbonyl (C=O) groups excluding carboxylic acids is 2. The molecule has 0 saturated carbocycles. The Morgan fingerprint density at radius 3 is 2.31 bits per heavy atom. The molecule has 3 amide bonds. The van der Waals surface area contributed by atoms with Gasteiger partial charge in [0, 0.05) is 11.8 Å². The first-order valence-electron chi connectivity index (χ1n) is 4.70. The third kappa shape index (κ3) is 2.77. The predicted octanol–water partition coefficient (Wildman–Crippen LogP) is -0.164. The summed E-state index contributed by atoms with van der Waals surface area (Å²) in [5.74, 6) is -0.574. The summed E-state index contributed by atoms with van der Waals surface area (Å²) >= 11 is 0. The van der Waals surface area contributed by atoms with Gasteiger partial charge in [-0.05, 0) is 12.1 Å². The molecule has 1 aromatic rings. The summed E-state index contributed by atoms with van der Waals surface area (Å²) in [5.41, 5.74) is 11.3. The summed E-state index contributed by atoms with van der Waals surface area (Å²) in [6.07, 6.45) is 1.52. The van der Waals surface area contributed by atoms with Crippen molar-refractivity contribution in [2.75, 3.05) is 14.1 Å². The van der Waals surface area contributed by atoms with Gasteiger partial charge < -0.3 is 11.5 Å². The van der Waals surface area contributed by atoms with E-state index in [4.69, 9.17) is 11.5 Å². The molecule has 0 fully saturated rings. The van der Waals surface area contributed by atoms with E-state index in [0.717, 1.165) is 5.56 Å². The van der Waals surface area contributed by atoms with Crippen molar-refractivity contribution >= 4 is 11.9 Å². The number of hydrogen-bond acceptors (Lipinski definition) is 3. The molecule has 0 atom stereocenters. The van der Waals surface area contributed by atoms with Crippen molar-refractivity contribution in [3.05, 3.63) is 29.6 Å². The number of hydrogen-bond donors (Lipinski definition) is 2. The van der Waals surface area contributed by atoms with E-state index < -0.39 is 11.9 Å². The second-order valence-corrected chi connectivity index (χ2v) is 4.10. The lowest BCUT2D eigenvalue weighted by atomic mass is 10.2. The van der Waals surface area contributed by atoms with Crippen LogP contribution in [0, 0.1) is 0 Å². The molecule has 0 saturated heterocycles. The van der Waals surface area contributed by atoms with Crippen molar-refractivity contribution in [1.82, 2.24) is 4.98 Å². The second kappa shape index (κ2) is 4.28. The van der Waals surface area contributed by atoms with Gasteiger partial charge in [0.15, 0.2) is 0 Å². The molecular formula is C10H15N4O2+. The minimum Gasteiger partial charge on any atom is -0.364 e. The molecule has 16 heavy (non-hydrogen) atoms. The minimum absolute atomic E-state index is 0.0254. The van der Waals surface area contributed by atoms with Crippen molar-refractivity contribution in [2.24, 2.45) is 11.5 Å². The van der Waals surface area contributed by atoms with Crippen LogP contribution in [0.4, 0.5) is 4.79 Å². The number of pyridine rings is 1. The zero-order valence-electron chi connectivity index (χ0n) is 9.30. The van der Waals surface area contributed by atoms with Crippen molar-refractivity contribution in [2.45, 2.75) is 6.54 Å². The molecule has 86 valence electrons. The fourth-order valence-corrected chi connectivity index (χ4v) is 1.20. The zero-order chi connectivity index (χ0) is 12.3. The fourth-order valence-electron chi connectivity index (χ4n) is 1.20. The largest absolute Gasteiger partial charge is 0.413 e. The van der Waals surface area contributed by atoms with Crippen LogP contribution in [0.5, 0.6) is 0 Å². The third-order valence-corrected chi connectivity index (χ3v) is 2.25. The van der Waals surface area contributed by atoms with Crippen LogP contribution in [-0.4, -0.2) is 35.5 Å². The molecule has 0 spiro atoms. The summed E-state index contributed by atoms with van der Waals surface area (Å²) in [5, 5.41) is 0. The molecule has 1 rings (SSSR count). The molecule has 6 heteroatoms. The number of quaternary nitrogens is 1. The van der Waals surface area contributed by atoms with Crippen LogP contribution in [-0.2, 0) is 6.54 Å². The van der Waals surface area contributed by atoms with Gasteiger partial charge in [-0.3, -0.25) is 9.78 Å². The van der Waals surface area contributed by atoms with Gasteiger partial charge in [0.1, 0.15) is 12.2 Å². The van der Waals surface area contributed by atoms with Gasteiger partial charge in [-0.15, -0.1) is 0 Å². The van der Waals surface area contributed by atoms with Crippen molar-refractivity contribution < 1.29 is 14.1 Å². The molecule has 0 radical (unpaired) electrons. The van der Waals surface area contributed by atoms with E-state index in [2.05, 4.69) is 4.98 Å². The number of nitrogens with two attached hydrogens (primary N) is 2. The Labute approximate surface area is 93.4 Å². The predicted molar refractivity (Wildman–Crippen MR) is 58.2 cm³/mol. The molecule has 4 N–H and O–H groups in total. The minimum atomic E-state index is -0.574. The molecule has 0 aliphatic heterocycles. The van der Waals surface area contributed by atoms with Gasteiger partial charge in [0.25, 0.3) is 5.91 Å². The van der Waals surface area contributed by atoms with Crippen LogP contribution in [0.3, 0.4) is 0 Å². The van der Waals surface area contributed by atoms with Crippen molar-refractivity contribution in [1.29, 1.82) is 0 Å². The Bertz CT molecular complexity index is 411. The van der Waals surface area contributed by atoms with Gasteiger partial charge in [-0.2, -0.15) is 0 Å². The number of amides is 3. The van der Waals surface area contributed by atoms with Gasteiger partial charge in [-0.1, -0.05) is 0 Å². The Kier molecular flexibility index (Phi) is 3.24. The van der Waals surface area contributed by atoms with Crippen LogP contribution < -0.4 is 11.5 Å². The molecule has 0 bridgehead atoms. The molecule has 0 aliphatic rings. The van der Waals surface area contributed by atoms with E-state index in [1.807, 2.05) is 0 Å². The van der Waals surface area contributed by atoms with Gasteiger partial charge in [-0.25, -0.2) is 9.28 Å². The maximum absolute atomic E-state index is 11.1. The SMILES string of the molecule is C[N+](C)(Cc1ccc(C(N)=O)nc1)C(N)=O. The normalized spacial score (nSPS) is 11.1. The lowest BCUT2D eigenvalue weighted by Crippen LogP contribution is -2.48. The first-order chi connectivity index (χ1) is 7.33. The van der Waals surface area contributed by atoms with Gasteiger partial charge in [0.2, 0.25) is 0 Å². The summed E-state index contributed by atoms with van der Waals surface area (Å²) in [4.78, 5) is 25.8. The van der Waals surface area contributed by atoms with E-state index in [1.165, 1.54) is 12.3 Å². The molecule has 0 aromatic carbocycles. The molecule has 0 unspecified atom stereocenters. The first-order valence-corrected chi connectivity index (χ1v) is 4.70. The topological polar surface area (TPSA) is 99.1 Å². The lowest BCUT2D eigenvalue weighted by molar-refractivity contribution is -0.821. The zero-order valence-corrected chi connectivity index (χ0v) is 9.30. The third-order valence-electron chi connectivity index (χ3n) is 2.25. The van der Waals surface area contributed by atoms with Crippen molar-refractivity contribution in [3.63, 3.8) is 0 Å². The smallest absolute Gasteiger partial charge is 0.364 e. The number of urea groups is 1. The Morgan fingerprint density at radius 2 is 1.94 bits per heavy atom. The summed E-state index contributed by atoms with van der Waals surface area (Å²) in [6, 6.07) is 2.80. The van der Waals surface area contributed by atoms with Crippen LogP contribution >= 0.6 is 0 Å². The highest BCUT2D eigenvalue weighted by atomic mass is 16.2. The molecular weight excluding hydrogens is 208 g/mol. The van der Waals surface area contributed by atoms with Crippen LogP contribution in [0.15, 0.2) is 18.3 Å². The average molecular weight is 223 g/mol. The number of primary amides is 2. The van der Waals surface area contributed by atoms with Gasteiger partial charge >= 0.3 is 6.03 Å². The van der Waals surface area contributed by atoms with E-state index in [9.17, 15) is 9.59 Å². The Balaban J connectivity index is 2.84. The summed E-state index contributed by atoms with van der Waals surface area (Å²) < 4.78 is 0.0254. The summed E-state index contributed by atoms with van der Waals surface area (Å²) in [6.45, 7) is 0.418. The van der Waals surface area contributed by atoms with E-state index in [1.54, 1.807) is 20.2 Å². The number of rotatable bonds is 3. The van der Waals surface area contributed by atoms with E-state index in [0.29, 0.717) is 6.54 Å². The number of nitrogens with zero attached hydrogens (tertiary/aromatic N) is 2. The standard InChI is InChI=1S/C10H14N4O2/c1-14(2,10(12)16)6-7-3-4-8(9(11)15)13-5-7/h3-5H,6H2,1-2H3,(H3-,11,12,15,16)/p+1. The molecule has 0 aliphatic carbocycles. The van der Waals surface area contributed by atoms with Crippen LogP contribution in [0.25, 0.3) is 0 Å².